The Morgan fingerprint density at radius 2 is 1.82 bits per heavy atom. The van der Waals surface area contributed by atoms with Crippen molar-refractivity contribution in [2.75, 3.05) is 19.7 Å². The first-order chi connectivity index (χ1) is 10.3. The molecule has 7 heteroatoms. The van der Waals surface area contributed by atoms with Crippen LogP contribution in [0.15, 0.2) is 0 Å². The van der Waals surface area contributed by atoms with Gasteiger partial charge in [0.05, 0.1) is 6.61 Å². The van der Waals surface area contributed by atoms with Crippen molar-refractivity contribution < 1.29 is 19.8 Å². The lowest BCUT2D eigenvalue weighted by Crippen LogP contribution is -2.46. The van der Waals surface area contributed by atoms with E-state index in [0.717, 1.165) is 19.4 Å². The lowest BCUT2D eigenvalue weighted by atomic mass is 9.87. The molecule has 0 aromatic carbocycles. The van der Waals surface area contributed by atoms with Gasteiger partial charge < -0.3 is 15.5 Å². The van der Waals surface area contributed by atoms with Crippen LogP contribution in [0.1, 0.15) is 52.9 Å². The minimum absolute atomic E-state index is 0.125. The summed E-state index contributed by atoms with van der Waals surface area (Å²) >= 11 is 0. The molecule has 22 heavy (non-hydrogen) atoms. The Labute approximate surface area is 132 Å². The Balaban J connectivity index is 3.73. The van der Waals surface area contributed by atoms with E-state index in [1.165, 1.54) is 12.8 Å². The molecule has 0 unspecified atom stereocenters. The highest BCUT2D eigenvalue weighted by molar-refractivity contribution is 5.82. The van der Waals surface area contributed by atoms with Crippen molar-refractivity contribution in [2.24, 2.45) is 5.41 Å². The minimum atomic E-state index is -1.31. The Morgan fingerprint density at radius 3 is 2.41 bits per heavy atom. The second-order valence-electron chi connectivity index (χ2n) is 6.13. The third-order valence-corrected chi connectivity index (χ3v) is 3.43. The minimum Gasteiger partial charge on any atom is -0.396 e. The molecule has 1 atom stereocenters. The van der Waals surface area contributed by atoms with Crippen LogP contribution in [0, 0.1) is 5.41 Å². The van der Waals surface area contributed by atoms with Gasteiger partial charge in [0.1, 0.15) is 6.10 Å². The van der Waals surface area contributed by atoms with Gasteiger partial charge in [0.15, 0.2) is 0 Å². The van der Waals surface area contributed by atoms with E-state index in [4.69, 9.17) is 5.11 Å². The monoisotopic (exact) mass is 317 g/mol. The van der Waals surface area contributed by atoms with Crippen molar-refractivity contribution in [1.82, 2.24) is 16.2 Å². The molecule has 0 radical (unpaired) electrons. The Kier molecular flexibility index (Phi) is 10.8. The number of hydrogen-bond acceptors (Lipinski definition) is 5. The number of aliphatic hydroxyl groups is 2. The van der Waals surface area contributed by atoms with E-state index in [9.17, 15) is 14.7 Å². The number of carbonyl (C=O) groups is 2. The van der Waals surface area contributed by atoms with E-state index in [2.05, 4.69) is 23.1 Å². The van der Waals surface area contributed by atoms with Crippen molar-refractivity contribution in [3.8, 4) is 0 Å². The standard InChI is InChI=1S/C15H31N3O4/c1-4-5-6-7-9-17-18-12(20)8-10-16-14(22)13(21)15(2,3)11-19/h13,17,19,21H,4-11H2,1-3H3,(H,16,22)(H,18,20)/t13-/m0/s1. The number of hydrazine groups is 1. The molecule has 0 saturated heterocycles. The quantitative estimate of drug-likeness (QED) is 0.258. The molecule has 7 nitrogen and oxygen atoms in total. The van der Waals surface area contributed by atoms with E-state index >= 15 is 0 Å². The average Bonchev–Trinajstić information content (AvgIpc) is 2.49. The Morgan fingerprint density at radius 1 is 1.14 bits per heavy atom. The first-order valence-corrected chi connectivity index (χ1v) is 7.93. The maximum Gasteiger partial charge on any atom is 0.249 e. The summed E-state index contributed by atoms with van der Waals surface area (Å²) in [6, 6.07) is 0. The molecule has 0 aliphatic rings. The van der Waals surface area contributed by atoms with Gasteiger partial charge in [0, 0.05) is 24.9 Å². The fraction of sp³-hybridized carbons (Fsp3) is 0.867. The van der Waals surface area contributed by atoms with E-state index < -0.39 is 17.4 Å². The highest BCUT2D eigenvalue weighted by Crippen LogP contribution is 2.19. The maximum absolute atomic E-state index is 11.7. The van der Waals surface area contributed by atoms with Crippen LogP contribution in [0.3, 0.4) is 0 Å². The van der Waals surface area contributed by atoms with E-state index in [0.29, 0.717) is 0 Å². The van der Waals surface area contributed by atoms with Crippen molar-refractivity contribution >= 4 is 11.8 Å². The third-order valence-electron chi connectivity index (χ3n) is 3.43. The molecule has 2 amide bonds. The lowest BCUT2D eigenvalue weighted by molar-refractivity contribution is -0.137. The normalized spacial score (nSPS) is 12.8. The van der Waals surface area contributed by atoms with Gasteiger partial charge in [-0.2, -0.15) is 0 Å². The van der Waals surface area contributed by atoms with Gasteiger partial charge in [-0.25, -0.2) is 5.43 Å². The molecule has 0 spiro atoms. The number of carbonyl (C=O) groups excluding carboxylic acids is 2. The lowest BCUT2D eigenvalue weighted by Gasteiger charge is -2.27. The molecule has 0 aromatic heterocycles. The highest BCUT2D eigenvalue weighted by Gasteiger charge is 2.32. The van der Waals surface area contributed by atoms with Crippen LogP contribution >= 0.6 is 0 Å². The van der Waals surface area contributed by atoms with Crippen LogP contribution in [0.4, 0.5) is 0 Å². The average molecular weight is 317 g/mol. The predicted octanol–water partition coefficient (Wildman–Crippen LogP) is 0.0732. The zero-order valence-electron chi connectivity index (χ0n) is 13.9. The molecule has 0 aliphatic heterocycles. The summed E-state index contributed by atoms with van der Waals surface area (Å²) in [5.41, 5.74) is 4.49. The molecule has 0 heterocycles. The fourth-order valence-corrected chi connectivity index (χ4v) is 1.70. The fourth-order valence-electron chi connectivity index (χ4n) is 1.70. The van der Waals surface area contributed by atoms with Gasteiger partial charge in [0.2, 0.25) is 11.8 Å². The summed E-state index contributed by atoms with van der Waals surface area (Å²) in [5.74, 6) is -0.800. The van der Waals surface area contributed by atoms with Crippen LogP contribution in [0.25, 0.3) is 0 Å². The second kappa shape index (κ2) is 11.4. The SMILES string of the molecule is CCCCCCNNC(=O)CCNC(=O)[C@H](O)C(C)(C)CO. The van der Waals surface area contributed by atoms with Crippen LogP contribution < -0.4 is 16.2 Å². The molecule has 0 aliphatic carbocycles. The van der Waals surface area contributed by atoms with Gasteiger partial charge in [-0.1, -0.05) is 40.0 Å². The Hall–Kier alpha value is -1.18. The van der Waals surface area contributed by atoms with Gasteiger partial charge in [-0.05, 0) is 6.42 Å². The number of hydrogen-bond donors (Lipinski definition) is 5. The van der Waals surface area contributed by atoms with Crippen molar-refractivity contribution in [3.63, 3.8) is 0 Å². The van der Waals surface area contributed by atoms with Gasteiger partial charge in [0.25, 0.3) is 0 Å². The van der Waals surface area contributed by atoms with Crippen LogP contribution in [-0.4, -0.2) is 47.8 Å². The first-order valence-electron chi connectivity index (χ1n) is 7.93. The molecular formula is C15H31N3O4. The van der Waals surface area contributed by atoms with Crippen molar-refractivity contribution in [3.05, 3.63) is 0 Å². The molecule has 130 valence electrons. The first kappa shape index (κ1) is 20.8. The predicted molar refractivity (Wildman–Crippen MR) is 84.8 cm³/mol. The van der Waals surface area contributed by atoms with Gasteiger partial charge in [-0.15, -0.1) is 0 Å². The number of rotatable bonds is 12. The Bertz CT molecular complexity index is 335. The van der Waals surface area contributed by atoms with Gasteiger partial charge >= 0.3 is 0 Å². The van der Waals surface area contributed by atoms with E-state index in [-0.39, 0.29) is 25.5 Å². The molecule has 0 saturated carbocycles. The third kappa shape index (κ3) is 8.96. The second-order valence-corrected chi connectivity index (χ2v) is 6.13. The van der Waals surface area contributed by atoms with Crippen LogP contribution in [-0.2, 0) is 9.59 Å². The number of amides is 2. The van der Waals surface area contributed by atoms with Crippen molar-refractivity contribution in [1.29, 1.82) is 0 Å². The topological polar surface area (TPSA) is 111 Å². The summed E-state index contributed by atoms with van der Waals surface area (Å²) < 4.78 is 0. The van der Waals surface area contributed by atoms with Crippen molar-refractivity contribution in [2.45, 2.75) is 59.0 Å². The zero-order valence-corrected chi connectivity index (χ0v) is 13.9. The largest absolute Gasteiger partial charge is 0.396 e. The maximum atomic E-state index is 11.7. The number of nitrogens with one attached hydrogen (secondary N) is 3. The zero-order chi connectivity index (χ0) is 17.0. The van der Waals surface area contributed by atoms with E-state index in [1.807, 2.05) is 0 Å². The molecular weight excluding hydrogens is 286 g/mol. The summed E-state index contributed by atoms with van der Waals surface area (Å²) in [6.45, 7) is 5.88. The van der Waals surface area contributed by atoms with Crippen LogP contribution in [0.5, 0.6) is 0 Å². The molecule has 0 bridgehead atoms. The molecule has 0 rings (SSSR count). The smallest absolute Gasteiger partial charge is 0.249 e. The highest BCUT2D eigenvalue weighted by atomic mass is 16.3. The summed E-state index contributed by atoms with van der Waals surface area (Å²) in [7, 11) is 0. The molecule has 0 fully saturated rings. The molecule has 0 aromatic rings. The summed E-state index contributed by atoms with van der Waals surface area (Å²) in [5, 5.41) is 21.3. The molecule has 5 N–H and O–H groups in total. The number of aliphatic hydroxyl groups excluding tert-OH is 2. The summed E-state index contributed by atoms with van der Waals surface area (Å²) in [6.07, 6.45) is 3.32. The van der Waals surface area contributed by atoms with Gasteiger partial charge in [-0.3, -0.25) is 15.0 Å². The van der Waals surface area contributed by atoms with E-state index in [1.54, 1.807) is 13.8 Å². The number of unbranched alkanes of at least 4 members (excludes halogenated alkanes) is 3. The van der Waals surface area contributed by atoms with Crippen LogP contribution in [0.2, 0.25) is 0 Å². The summed E-state index contributed by atoms with van der Waals surface area (Å²) in [4.78, 5) is 23.2.